The van der Waals surface area contributed by atoms with Gasteiger partial charge in [0, 0.05) is 22.9 Å². The van der Waals surface area contributed by atoms with Gasteiger partial charge >= 0.3 is 6.03 Å². The molecule has 0 aliphatic rings. The molecule has 2 N–H and O–H groups in total. The molecule has 0 spiro atoms. The van der Waals surface area contributed by atoms with Gasteiger partial charge in [-0.05, 0) is 41.8 Å². The summed E-state index contributed by atoms with van der Waals surface area (Å²) in [5, 5.41) is 8.74. The van der Waals surface area contributed by atoms with Gasteiger partial charge in [0.25, 0.3) is 0 Å². The molecule has 2 aromatic carbocycles. The molecule has 0 aliphatic carbocycles. The van der Waals surface area contributed by atoms with Gasteiger partial charge in [-0.3, -0.25) is 0 Å². The zero-order valence-electron chi connectivity index (χ0n) is 13.7. The molecule has 3 nitrogen and oxygen atoms in total. The SMILES string of the molecule is CC(NC(=O)NCCc1csc2ccccc12)c1ccc(F)cc1F. The van der Waals surface area contributed by atoms with Crippen molar-refractivity contribution in [1.82, 2.24) is 10.6 Å². The molecule has 25 heavy (non-hydrogen) atoms. The average molecular weight is 360 g/mol. The van der Waals surface area contributed by atoms with Crippen LogP contribution in [-0.4, -0.2) is 12.6 Å². The molecule has 3 aromatic rings. The van der Waals surface area contributed by atoms with E-state index in [0.717, 1.165) is 12.5 Å². The average Bonchev–Trinajstić information content (AvgIpc) is 2.98. The number of benzene rings is 2. The molecular weight excluding hydrogens is 342 g/mol. The Labute approximate surface area is 148 Å². The number of halogens is 2. The van der Waals surface area contributed by atoms with E-state index in [2.05, 4.69) is 28.1 Å². The number of nitrogens with one attached hydrogen (secondary N) is 2. The van der Waals surface area contributed by atoms with Crippen molar-refractivity contribution in [3.05, 3.63) is 70.6 Å². The molecule has 3 rings (SSSR count). The van der Waals surface area contributed by atoms with Crippen LogP contribution in [0.4, 0.5) is 13.6 Å². The van der Waals surface area contributed by atoms with E-state index in [4.69, 9.17) is 0 Å². The fourth-order valence-corrected chi connectivity index (χ4v) is 3.71. The minimum Gasteiger partial charge on any atom is -0.338 e. The number of carbonyl (C=O) groups is 1. The summed E-state index contributed by atoms with van der Waals surface area (Å²) in [4.78, 5) is 12.0. The number of thiophene rings is 1. The highest BCUT2D eigenvalue weighted by atomic mass is 32.1. The standard InChI is InChI=1S/C19H18F2N2OS/c1-12(15-7-6-14(20)10-17(15)21)23-19(24)22-9-8-13-11-25-18-5-3-2-4-16(13)18/h2-7,10-12H,8-9H2,1H3,(H2,22,23,24). The van der Waals surface area contributed by atoms with Crippen LogP contribution in [0.5, 0.6) is 0 Å². The predicted octanol–water partition coefficient (Wildman–Crippen LogP) is 4.78. The van der Waals surface area contributed by atoms with E-state index in [0.29, 0.717) is 6.54 Å². The van der Waals surface area contributed by atoms with E-state index in [1.165, 1.54) is 27.8 Å². The van der Waals surface area contributed by atoms with Crippen LogP contribution in [0.25, 0.3) is 10.1 Å². The van der Waals surface area contributed by atoms with Gasteiger partial charge < -0.3 is 10.6 Å². The zero-order valence-corrected chi connectivity index (χ0v) is 14.5. The maximum Gasteiger partial charge on any atom is 0.315 e. The molecule has 0 radical (unpaired) electrons. The summed E-state index contributed by atoms with van der Waals surface area (Å²) < 4.78 is 27.9. The lowest BCUT2D eigenvalue weighted by Crippen LogP contribution is -2.38. The van der Waals surface area contributed by atoms with Crippen molar-refractivity contribution < 1.29 is 13.6 Å². The fourth-order valence-electron chi connectivity index (χ4n) is 2.72. The van der Waals surface area contributed by atoms with Gasteiger partial charge in [0.1, 0.15) is 11.6 Å². The molecule has 2 amide bonds. The monoisotopic (exact) mass is 360 g/mol. The molecule has 0 aliphatic heterocycles. The molecule has 0 fully saturated rings. The lowest BCUT2D eigenvalue weighted by atomic mass is 10.1. The lowest BCUT2D eigenvalue weighted by Gasteiger charge is -2.15. The van der Waals surface area contributed by atoms with Gasteiger partial charge in [-0.2, -0.15) is 0 Å². The Hall–Kier alpha value is -2.47. The minimum absolute atomic E-state index is 0.250. The van der Waals surface area contributed by atoms with Crippen LogP contribution in [0.3, 0.4) is 0 Å². The Balaban J connectivity index is 1.52. The number of urea groups is 1. The zero-order chi connectivity index (χ0) is 17.8. The van der Waals surface area contributed by atoms with E-state index in [-0.39, 0.29) is 11.6 Å². The molecule has 0 saturated heterocycles. The molecule has 1 aromatic heterocycles. The van der Waals surface area contributed by atoms with E-state index >= 15 is 0 Å². The Morgan fingerprint density at radius 2 is 2.00 bits per heavy atom. The quantitative estimate of drug-likeness (QED) is 0.675. The third kappa shape index (κ3) is 4.14. The number of hydrogen-bond donors (Lipinski definition) is 2. The maximum absolute atomic E-state index is 13.7. The third-order valence-electron chi connectivity index (χ3n) is 4.02. The molecule has 1 unspecified atom stereocenters. The van der Waals surface area contributed by atoms with Crippen molar-refractivity contribution in [2.24, 2.45) is 0 Å². The summed E-state index contributed by atoms with van der Waals surface area (Å²) in [5.41, 5.74) is 1.44. The van der Waals surface area contributed by atoms with Gasteiger partial charge in [0.15, 0.2) is 0 Å². The summed E-state index contributed by atoms with van der Waals surface area (Å²) in [7, 11) is 0. The van der Waals surface area contributed by atoms with Crippen molar-refractivity contribution in [3.8, 4) is 0 Å². The molecular formula is C19H18F2N2OS. The number of rotatable bonds is 5. The first-order valence-electron chi connectivity index (χ1n) is 7.99. The topological polar surface area (TPSA) is 41.1 Å². The first-order chi connectivity index (χ1) is 12.0. The summed E-state index contributed by atoms with van der Waals surface area (Å²) in [6.45, 7) is 2.13. The van der Waals surface area contributed by atoms with Crippen LogP contribution in [-0.2, 0) is 6.42 Å². The van der Waals surface area contributed by atoms with Crippen LogP contribution in [0.2, 0.25) is 0 Å². The fraction of sp³-hybridized carbons (Fsp3) is 0.211. The van der Waals surface area contributed by atoms with Crippen molar-refractivity contribution in [1.29, 1.82) is 0 Å². The van der Waals surface area contributed by atoms with Crippen LogP contribution in [0.1, 0.15) is 24.1 Å². The number of carbonyl (C=O) groups excluding carboxylic acids is 1. The van der Waals surface area contributed by atoms with E-state index in [1.54, 1.807) is 18.3 Å². The summed E-state index contributed by atoms with van der Waals surface area (Å²) >= 11 is 1.68. The van der Waals surface area contributed by atoms with Gasteiger partial charge in [-0.1, -0.05) is 24.3 Å². The smallest absolute Gasteiger partial charge is 0.315 e. The highest BCUT2D eigenvalue weighted by Crippen LogP contribution is 2.25. The molecule has 0 saturated carbocycles. The van der Waals surface area contributed by atoms with Gasteiger partial charge in [-0.25, -0.2) is 13.6 Å². The summed E-state index contributed by atoms with van der Waals surface area (Å²) in [6, 6.07) is 10.5. The van der Waals surface area contributed by atoms with Gasteiger partial charge in [0.2, 0.25) is 0 Å². The highest BCUT2D eigenvalue weighted by molar-refractivity contribution is 7.17. The van der Waals surface area contributed by atoms with E-state index in [1.807, 2.05) is 12.1 Å². The number of fused-ring (bicyclic) bond motifs is 1. The first kappa shape index (κ1) is 17.4. The summed E-state index contributed by atoms with van der Waals surface area (Å²) in [5.74, 6) is -1.31. The second kappa shape index (κ2) is 7.61. The Morgan fingerprint density at radius 1 is 1.20 bits per heavy atom. The van der Waals surface area contributed by atoms with Crippen molar-refractivity contribution in [2.75, 3.05) is 6.54 Å². The largest absolute Gasteiger partial charge is 0.338 e. The van der Waals surface area contributed by atoms with Crippen LogP contribution < -0.4 is 10.6 Å². The molecule has 1 atom stereocenters. The summed E-state index contributed by atoms with van der Waals surface area (Å²) in [6.07, 6.45) is 0.719. The molecule has 0 bridgehead atoms. The predicted molar refractivity (Wildman–Crippen MR) is 96.8 cm³/mol. The Morgan fingerprint density at radius 3 is 2.80 bits per heavy atom. The molecule has 130 valence electrons. The van der Waals surface area contributed by atoms with Crippen LogP contribution in [0.15, 0.2) is 47.8 Å². The van der Waals surface area contributed by atoms with Crippen LogP contribution in [0, 0.1) is 11.6 Å². The van der Waals surface area contributed by atoms with Crippen molar-refractivity contribution in [2.45, 2.75) is 19.4 Å². The number of amides is 2. The Bertz CT molecular complexity index is 894. The maximum atomic E-state index is 13.7. The first-order valence-corrected chi connectivity index (χ1v) is 8.87. The second-order valence-electron chi connectivity index (χ2n) is 5.79. The normalized spacial score (nSPS) is 12.1. The minimum atomic E-state index is -0.669. The van der Waals surface area contributed by atoms with Crippen molar-refractivity contribution >= 4 is 27.5 Å². The molecule has 6 heteroatoms. The van der Waals surface area contributed by atoms with E-state index in [9.17, 15) is 13.6 Å². The number of hydrogen-bond acceptors (Lipinski definition) is 2. The van der Waals surface area contributed by atoms with Crippen molar-refractivity contribution in [3.63, 3.8) is 0 Å². The lowest BCUT2D eigenvalue weighted by molar-refractivity contribution is 0.238. The highest BCUT2D eigenvalue weighted by Gasteiger charge is 2.14. The second-order valence-corrected chi connectivity index (χ2v) is 6.71. The third-order valence-corrected chi connectivity index (χ3v) is 5.03. The Kier molecular flexibility index (Phi) is 5.28. The van der Waals surface area contributed by atoms with Gasteiger partial charge in [-0.15, -0.1) is 11.3 Å². The molecule has 1 heterocycles. The van der Waals surface area contributed by atoms with Gasteiger partial charge in [0.05, 0.1) is 6.04 Å². The van der Waals surface area contributed by atoms with Crippen LogP contribution >= 0.6 is 11.3 Å². The van der Waals surface area contributed by atoms with E-state index < -0.39 is 17.7 Å².